The lowest BCUT2D eigenvalue weighted by atomic mass is 10.2. The van der Waals surface area contributed by atoms with Crippen molar-refractivity contribution < 1.29 is 25.2 Å². The van der Waals surface area contributed by atoms with Gasteiger partial charge in [0, 0.05) is 0 Å². The lowest BCUT2D eigenvalue weighted by Gasteiger charge is -2.07. The van der Waals surface area contributed by atoms with Crippen molar-refractivity contribution in [2.75, 3.05) is 13.2 Å². The summed E-state index contributed by atoms with van der Waals surface area (Å²) in [5.41, 5.74) is 3.47. The molecule has 0 aliphatic heterocycles. The van der Waals surface area contributed by atoms with Gasteiger partial charge in [-0.2, -0.15) is 0 Å². The number of hydrogen-bond donors (Lipinski definition) is 1. The average Bonchev–Trinajstić information content (AvgIpc) is 1.98. The van der Waals surface area contributed by atoms with Crippen LogP contribution in [0.5, 0.6) is 0 Å². The van der Waals surface area contributed by atoms with Gasteiger partial charge in [0.15, 0.2) is 0 Å². The molecule has 0 heterocycles. The van der Waals surface area contributed by atoms with E-state index < -0.39 is 18.5 Å². The fourth-order valence-electron chi connectivity index (χ4n) is 0.390. The van der Waals surface area contributed by atoms with E-state index in [0.717, 1.165) is 0 Å². The first-order valence-corrected chi connectivity index (χ1v) is 3.23. The second-order valence-electron chi connectivity index (χ2n) is 2.17. The summed E-state index contributed by atoms with van der Waals surface area (Å²) in [5, 5.41) is 9.81. The molecule has 11 heavy (non-hydrogen) atoms. The van der Waals surface area contributed by atoms with Crippen molar-refractivity contribution in [3.05, 3.63) is 0 Å². The zero-order valence-corrected chi connectivity index (χ0v) is 6.33. The highest BCUT2D eigenvalue weighted by Gasteiger charge is 2.13. The fourth-order valence-corrected chi connectivity index (χ4v) is 0.390. The van der Waals surface area contributed by atoms with Crippen molar-refractivity contribution in [2.24, 2.45) is 5.92 Å². The monoisotopic (exact) mass is 161 g/mol. The zero-order chi connectivity index (χ0) is 8.85. The first-order chi connectivity index (χ1) is 5.07. The molecular formula is C6H11NO4. The lowest BCUT2D eigenvalue weighted by Crippen LogP contribution is -2.54. The van der Waals surface area contributed by atoms with Crippen LogP contribution < -0.4 is 10.8 Å². The third kappa shape index (κ3) is 4.32. The molecule has 3 N–H and O–H groups in total. The molecule has 0 radical (unpaired) electrons. The summed E-state index contributed by atoms with van der Waals surface area (Å²) in [7, 11) is 0. The Labute approximate surface area is 64.1 Å². The molecule has 5 nitrogen and oxygen atoms in total. The average molecular weight is 161 g/mol. The number of rotatable bonds is 4. The molecule has 0 saturated heterocycles. The molecule has 0 aromatic carbocycles. The van der Waals surface area contributed by atoms with E-state index >= 15 is 0 Å². The highest BCUT2D eigenvalue weighted by atomic mass is 16.5. The van der Waals surface area contributed by atoms with Gasteiger partial charge in [-0.25, -0.2) is 0 Å². The molecule has 0 bridgehead atoms. The lowest BCUT2D eigenvalue weighted by molar-refractivity contribution is -0.376. The summed E-state index contributed by atoms with van der Waals surface area (Å²) in [6.07, 6.45) is 0. The second kappa shape index (κ2) is 4.68. The normalized spacial score (nSPS) is 12.2. The smallest absolute Gasteiger partial charge is 0.314 e. The van der Waals surface area contributed by atoms with E-state index in [4.69, 9.17) is 0 Å². The number of esters is 1. The van der Waals surface area contributed by atoms with Gasteiger partial charge >= 0.3 is 5.97 Å². The Morgan fingerprint density at radius 2 is 2.18 bits per heavy atom. The van der Waals surface area contributed by atoms with Gasteiger partial charge in [0.1, 0.15) is 12.5 Å². The van der Waals surface area contributed by atoms with Crippen LogP contribution in [0.2, 0.25) is 0 Å². The Bertz CT molecular complexity index is 157. The maximum absolute atomic E-state index is 10.7. The van der Waals surface area contributed by atoms with Crippen LogP contribution in [-0.2, 0) is 14.3 Å². The number of carboxylic acids is 1. The van der Waals surface area contributed by atoms with Crippen LogP contribution in [0.3, 0.4) is 0 Å². The van der Waals surface area contributed by atoms with Gasteiger partial charge in [-0.05, 0) is 6.92 Å². The molecule has 0 rings (SSSR count). The predicted molar refractivity (Wildman–Crippen MR) is 32.9 cm³/mol. The summed E-state index contributed by atoms with van der Waals surface area (Å²) in [5.74, 6) is -2.30. The molecule has 0 saturated carbocycles. The van der Waals surface area contributed by atoms with Gasteiger partial charge in [-0.15, -0.1) is 0 Å². The highest BCUT2D eigenvalue weighted by molar-refractivity contribution is 5.75. The van der Waals surface area contributed by atoms with Gasteiger partial charge in [-0.3, -0.25) is 4.79 Å². The third-order valence-electron chi connectivity index (χ3n) is 1.17. The summed E-state index contributed by atoms with van der Waals surface area (Å²) in [4.78, 5) is 20.5. The Morgan fingerprint density at radius 1 is 1.64 bits per heavy atom. The summed E-state index contributed by atoms with van der Waals surface area (Å²) in [6, 6.07) is 0. The van der Waals surface area contributed by atoms with E-state index in [9.17, 15) is 14.7 Å². The number of carbonyl (C=O) groups is 2. The summed E-state index contributed by atoms with van der Waals surface area (Å²) in [6.45, 7) is 1.33. The summed E-state index contributed by atoms with van der Waals surface area (Å²) >= 11 is 0. The van der Waals surface area contributed by atoms with E-state index in [1.165, 1.54) is 0 Å². The van der Waals surface area contributed by atoms with Gasteiger partial charge in [0.05, 0.1) is 12.5 Å². The minimum absolute atomic E-state index is 0.352. The fraction of sp³-hybridized carbons (Fsp3) is 0.667. The number of quaternary nitrogens is 1. The topological polar surface area (TPSA) is 94.1 Å². The molecule has 0 amide bonds. The predicted octanol–water partition coefficient (Wildman–Crippen LogP) is -2.84. The van der Waals surface area contributed by atoms with Crippen LogP contribution in [0.25, 0.3) is 0 Å². The molecular weight excluding hydrogens is 150 g/mol. The number of carbonyl (C=O) groups excluding carboxylic acids is 2. The Kier molecular flexibility index (Phi) is 4.21. The Hall–Kier alpha value is -1.10. The van der Waals surface area contributed by atoms with Crippen LogP contribution in [0, 0.1) is 5.92 Å². The van der Waals surface area contributed by atoms with Gasteiger partial charge < -0.3 is 20.4 Å². The maximum atomic E-state index is 10.7. The maximum Gasteiger partial charge on any atom is 0.314 e. The van der Waals surface area contributed by atoms with Gasteiger partial charge in [-0.1, -0.05) is 0 Å². The van der Waals surface area contributed by atoms with Crippen LogP contribution >= 0.6 is 0 Å². The Morgan fingerprint density at radius 3 is 2.55 bits per heavy atom. The molecule has 0 aliphatic rings. The first kappa shape index (κ1) is 9.90. The van der Waals surface area contributed by atoms with Crippen molar-refractivity contribution in [3.63, 3.8) is 0 Å². The van der Waals surface area contributed by atoms with E-state index in [2.05, 4.69) is 10.5 Å². The Balaban J connectivity index is 3.60. The number of aliphatic carboxylic acids is 1. The van der Waals surface area contributed by atoms with Crippen LogP contribution in [0.15, 0.2) is 0 Å². The molecule has 0 aliphatic carbocycles. The van der Waals surface area contributed by atoms with Gasteiger partial charge in [0.25, 0.3) is 0 Å². The quantitative estimate of drug-likeness (QED) is 0.449. The standard InChI is InChI=1S/C6H11NO4/c1-4(2-7)6(10)11-3-5(8)9/h4H,2-3,7H2,1H3,(H,8,9). The van der Waals surface area contributed by atoms with E-state index in [-0.39, 0.29) is 5.92 Å². The first-order valence-electron chi connectivity index (χ1n) is 3.23. The van der Waals surface area contributed by atoms with E-state index in [0.29, 0.717) is 6.54 Å². The molecule has 0 aromatic heterocycles. The number of carboxylic acid groups (broad SMARTS) is 1. The number of hydrogen-bond acceptors (Lipinski definition) is 4. The minimum atomic E-state index is -1.39. The SMILES string of the molecule is CC(C[NH3+])C(=O)OCC(=O)[O-]. The van der Waals surface area contributed by atoms with Crippen molar-refractivity contribution in [1.82, 2.24) is 0 Å². The molecule has 5 heteroatoms. The van der Waals surface area contributed by atoms with Gasteiger partial charge in [0.2, 0.25) is 0 Å². The molecule has 64 valence electrons. The van der Waals surface area contributed by atoms with Crippen molar-refractivity contribution in [1.29, 1.82) is 0 Å². The number of ether oxygens (including phenoxy) is 1. The molecule has 1 unspecified atom stereocenters. The highest BCUT2D eigenvalue weighted by Crippen LogP contribution is 1.93. The molecule has 1 atom stereocenters. The van der Waals surface area contributed by atoms with E-state index in [1.807, 2.05) is 0 Å². The van der Waals surface area contributed by atoms with Crippen LogP contribution in [-0.4, -0.2) is 25.1 Å². The zero-order valence-electron chi connectivity index (χ0n) is 6.33. The molecule has 0 fully saturated rings. The minimum Gasteiger partial charge on any atom is -0.546 e. The van der Waals surface area contributed by atoms with Crippen molar-refractivity contribution in [2.45, 2.75) is 6.92 Å². The second-order valence-corrected chi connectivity index (χ2v) is 2.17. The third-order valence-corrected chi connectivity index (χ3v) is 1.17. The molecule has 0 aromatic rings. The molecule has 0 spiro atoms. The summed E-state index contributed by atoms with van der Waals surface area (Å²) < 4.78 is 4.32. The van der Waals surface area contributed by atoms with Crippen molar-refractivity contribution >= 4 is 11.9 Å². The van der Waals surface area contributed by atoms with Crippen molar-refractivity contribution in [3.8, 4) is 0 Å². The van der Waals surface area contributed by atoms with Crippen LogP contribution in [0.4, 0.5) is 0 Å². The van der Waals surface area contributed by atoms with E-state index in [1.54, 1.807) is 6.92 Å². The largest absolute Gasteiger partial charge is 0.546 e. The van der Waals surface area contributed by atoms with Crippen LogP contribution in [0.1, 0.15) is 6.92 Å².